The van der Waals surface area contributed by atoms with Gasteiger partial charge in [-0.3, -0.25) is 20.0 Å². The minimum atomic E-state index is -1.02. The Morgan fingerprint density at radius 2 is 1.97 bits per heavy atom. The van der Waals surface area contributed by atoms with Gasteiger partial charge in [-0.05, 0) is 38.0 Å². The molecule has 2 aromatic heterocycles. The van der Waals surface area contributed by atoms with Crippen molar-refractivity contribution in [3.8, 4) is 0 Å². The molecule has 0 saturated carbocycles. The van der Waals surface area contributed by atoms with Crippen molar-refractivity contribution in [3.63, 3.8) is 0 Å². The fourth-order valence-electron chi connectivity index (χ4n) is 4.12. The summed E-state index contributed by atoms with van der Waals surface area (Å²) in [6.07, 6.45) is 7.30. The predicted octanol–water partition coefficient (Wildman–Crippen LogP) is 4.07. The zero-order valence-corrected chi connectivity index (χ0v) is 21.4. The van der Waals surface area contributed by atoms with E-state index >= 15 is 0 Å². The van der Waals surface area contributed by atoms with E-state index in [9.17, 15) is 14.4 Å². The van der Waals surface area contributed by atoms with Gasteiger partial charge in [0, 0.05) is 12.7 Å². The van der Waals surface area contributed by atoms with Crippen LogP contribution in [0.1, 0.15) is 89.7 Å². The van der Waals surface area contributed by atoms with E-state index in [-0.39, 0.29) is 12.2 Å². The number of primary amides is 1. The average Bonchev–Trinajstić information content (AvgIpc) is 3.19. The van der Waals surface area contributed by atoms with Crippen LogP contribution in [0.3, 0.4) is 0 Å². The molecule has 3 rings (SSSR count). The molecule has 2 unspecified atom stereocenters. The maximum absolute atomic E-state index is 13.0. The van der Waals surface area contributed by atoms with E-state index in [4.69, 9.17) is 15.2 Å². The van der Waals surface area contributed by atoms with Gasteiger partial charge in [-0.15, -0.1) is 11.3 Å². The molecule has 0 saturated heterocycles. The number of anilines is 1. The summed E-state index contributed by atoms with van der Waals surface area (Å²) in [6, 6.07) is 4.19. The van der Waals surface area contributed by atoms with E-state index in [1.165, 1.54) is 19.3 Å². The number of hydrogen-bond donors (Lipinski definition) is 2. The summed E-state index contributed by atoms with van der Waals surface area (Å²) in [5.41, 5.74) is 6.96. The molecule has 10 heteroatoms. The van der Waals surface area contributed by atoms with Crippen LogP contribution >= 0.6 is 11.3 Å². The number of ether oxygens (including phenoxy) is 2. The topological polar surface area (TPSA) is 124 Å². The zero-order chi connectivity index (χ0) is 25.4. The first-order valence-corrected chi connectivity index (χ1v) is 13.0. The molecule has 1 aliphatic heterocycles. The van der Waals surface area contributed by atoms with Crippen molar-refractivity contribution in [2.75, 3.05) is 18.1 Å². The van der Waals surface area contributed by atoms with Crippen LogP contribution < -0.4 is 16.0 Å². The first-order chi connectivity index (χ1) is 16.9. The van der Waals surface area contributed by atoms with E-state index in [2.05, 4.69) is 17.2 Å². The molecular weight excluding hydrogens is 468 g/mol. The first kappa shape index (κ1) is 26.6. The second kappa shape index (κ2) is 12.6. The van der Waals surface area contributed by atoms with Crippen LogP contribution in [0, 0.1) is 6.92 Å². The summed E-state index contributed by atoms with van der Waals surface area (Å²) in [5.74, 6) is -1.74. The summed E-state index contributed by atoms with van der Waals surface area (Å²) in [5, 5.41) is 3.69. The molecule has 190 valence electrons. The molecule has 2 aromatic rings. The Morgan fingerprint density at radius 3 is 2.63 bits per heavy atom. The molecule has 3 N–H and O–H groups in total. The smallest absolute Gasteiger partial charge is 0.348 e. The van der Waals surface area contributed by atoms with Gasteiger partial charge in [0.2, 0.25) is 12.3 Å². The second-order valence-corrected chi connectivity index (χ2v) is 9.40. The van der Waals surface area contributed by atoms with Gasteiger partial charge < -0.3 is 15.2 Å². The van der Waals surface area contributed by atoms with Crippen molar-refractivity contribution < 1.29 is 23.9 Å². The third-order valence-electron chi connectivity index (χ3n) is 5.86. The zero-order valence-electron chi connectivity index (χ0n) is 20.5. The van der Waals surface area contributed by atoms with Gasteiger partial charge in [0.25, 0.3) is 0 Å². The molecule has 0 fully saturated rings. The molecular formula is C25H34N4O5S. The number of carbonyl (C=O) groups excluding carboxylic acids is 3. The fourth-order valence-corrected chi connectivity index (χ4v) is 5.36. The summed E-state index contributed by atoms with van der Waals surface area (Å²) in [4.78, 5) is 44.6. The molecule has 3 heterocycles. The third kappa shape index (κ3) is 6.18. The number of unbranched alkanes of at least 4 members (excludes halogenated alkanes) is 5. The van der Waals surface area contributed by atoms with Crippen molar-refractivity contribution in [1.29, 1.82) is 0 Å². The van der Waals surface area contributed by atoms with Crippen LogP contribution in [0.2, 0.25) is 0 Å². The van der Waals surface area contributed by atoms with Crippen LogP contribution in [0.15, 0.2) is 24.4 Å². The highest BCUT2D eigenvalue weighted by atomic mass is 32.1. The molecule has 1 aliphatic rings. The van der Waals surface area contributed by atoms with E-state index in [1.54, 1.807) is 43.1 Å². The number of hydrogen-bond acceptors (Lipinski definition) is 9. The van der Waals surface area contributed by atoms with Gasteiger partial charge >= 0.3 is 11.9 Å². The summed E-state index contributed by atoms with van der Waals surface area (Å²) >= 11 is 1.09. The Labute approximate surface area is 210 Å². The SMILES string of the molecule is CCCCCCCCNC1OC(=O)c2c(sc(C(=O)OCC)c2C)N1C(C(N)=O)c1ccccn1. The molecule has 1 amide bonds. The number of fused-ring (bicyclic) bond motifs is 1. The fraction of sp³-hybridized carbons (Fsp3) is 0.520. The van der Waals surface area contributed by atoms with E-state index in [0.717, 1.165) is 30.6 Å². The largest absolute Gasteiger partial charge is 0.462 e. The Bertz CT molecular complexity index is 1030. The van der Waals surface area contributed by atoms with Gasteiger partial charge in [-0.1, -0.05) is 45.1 Å². The normalized spacial score (nSPS) is 15.9. The molecule has 0 aromatic carbocycles. The lowest BCUT2D eigenvalue weighted by atomic mass is 10.1. The number of thiophene rings is 1. The van der Waals surface area contributed by atoms with Gasteiger partial charge in [0.1, 0.15) is 9.88 Å². The number of aromatic nitrogens is 1. The number of amides is 1. The van der Waals surface area contributed by atoms with Gasteiger partial charge in [0.15, 0.2) is 6.04 Å². The van der Waals surface area contributed by atoms with Crippen LogP contribution in [-0.2, 0) is 14.3 Å². The van der Waals surface area contributed by atoms with Crippen LogP contribution in [-0.4, -0.2) is 42.3 Å². The molecule has 2 atom stereocenters. The number of nitrogens with two attached hydrogens (primary N) is 1. The second-order valence-electron chi connectivity index (χ2n) is 8.40. The first-order valence-electron chi connectivity index (χ1n) is 12.1. The number of cyclic esters (lactones) is 1. The van der Waals surface area contributed by atoms with Gasteiger partial charge in [0.05, 0.1) is 17.9 Å². The number of rotatable bonds is 13. The lowest BCUT2D eigenvalue weighted by Crippen LogP contribution is -2.55. The average molecular weight is 503 g/mol. The Morgan fingerprint density at radius 1 is 1.23 bits per heavy atom. The molecule has 0 aliphatic carbocycles. The van der Waals surface area contributed by atoms with Crippen molar-refractivity contribution in [3.05, 3.63) is 46.1 Å². The summed E-state index contributed by atoms with van der Waals surface area (Å²) in [7, 11) is 0. The Balaban J connectivity index is 1.95. The van der Waals surface area contributed by atoms with Crippen molar-refractivity contribution in [2.24, 2.45) is 5.73 Å². The quantitative estimate of drug-likeness (QED) is 0.310. The molecule has 9 nitrogen and oxygen atoms in total. The Hall–Kier alpha value is -2.98. The highest BCUT2D eigenvalue weighted by Gasteiger charge is 2.44. The number of nitrogens with one attached hydrogen (secondary N) is 1. The van der Waals surface area contributed by atoms with Crippen molar-refractivity contribution in [1.82, 2.24) is 10.3 Å². The van der Waals surface area contributed by atoms with Crippen LogP contribution in [0.25, 0.3) is 0 Å². The van der Waals surface area contributed by atoms with E-state index < -0.39 is 30.2 Å². The number of carbonyl (C=O) groups is 3. The maximum atomic E-state index is 13.0. The number of pyridine rings is 1. The number of esters is 2. The third-order valence-corrected chi connectivity index (χ3v) is 7.15. The van der Waals surface area contributed by atoms with Gasteiger partial charge in [-0.2, -0.15) is 0 Å². The Kier molecular flexibility index (Phi) is 9.62. The van der Waals surface area contributed by atoms with Crippen molar-refractivity contribution >= 4 is 34.2 Å². The molecule has 0 bridgehead atoms. The predicted molar refractivity (Wildman–Crippen MR) is 134 cm³/mol. The summed E-state index contributed by atoms with van der Waals surface area (Å²) < 4.78 is 10.9. The highest BCUT2D eigenvalue weighted by Crippen LogP contribution is 2.44. The highest BCUT2D eigenvalue weighted by molar-refractivity contribution is 7.18. The standard InChI is InChI=1S/C25H34N4O5S/c1-4-6-7-8-9-11-15-28-25-29(19(21(26)30)17-13-10-12-14-27-17)22-18(23(31)34-25)16(3)20(35-22)24(32)33-5-2/h10,12-14,19,25,28H,4-9,11,15H2,1-3H3,(H2,26,30). The molecule has 0 spiro atoms. The van der Waals surface area contributed by atoms with E-state index in [0.29, 0.717) is 27.7 Å². The van der Waals surface area contributed by atoms with Crippen LogP contribution in [0.5, 0.6) is 0 Å². The minimum Gasteiger partial charge on any atom is -0.462 e. The lowest BCUT2D eigenvalue weighted by Gasteiger charge is -2.40. The van der Waals surface area contributed by atoms with E-state index in [1.807, 2.05) is 0 Å². The minimum absolute atomic E-state index is 0.204. The molecule has 0 radical (unpaired) electrons. The monoisotopic (exact) mass is 502 g/mol. The number of nitrogens with zero attached hydrogens (tertiary/aromatic N) is 2. The summed E-state index contributed by atoms with van der Waals surface area (Å²) in [6.45, 7) is 6.35. The maximum Gasteiger partial charge on any atom is 0.348 e. The van der Waals surface area contributed by atoms with Crippen molar-refractivity contribution in [2.45, 2.75) is 71.7 Å². The lowest BCUT2D eigenvalue weighted by molar-refractivity contribution is -0.120. The molecule has 35 heavy (non-hydrogen) atoms. The van der Waals surface area contributed by atoms with Gasteiger partial charge in [-0.25, -0.2) is 9.59 Å². The van der Waals surface area contributed by atoms with Crippen LogP contribution in [0.4, 0.5) is 5.00 Å².